The number of carbonyl (C=O) groups excluding carboxylic acids is 1. The van der Waals surface area contributed by atoms with Gasteiger partial charge in [-0.15, -0.1) is 0 Å². The van der Waals surface area contributed by atoms with Crippen LogP contribution in [-0.4, -0.2) is 52.0 Å². The molecule has 0 bridgehead atoms. The van der Waals surface area contributed by atoms with Gasteiger partial charge in [0, 0.05) is 19.5 Å². The number of nitrogens with one attached hydrogen (secondary N) is 1. The van der Waals surface area contributed by atoms with Gasteiger partial charge >= 0.3 is 0 Å². The fourth-order valence-electron chi connectivity index (χ4n) is 2.32. The number of methoxy groups -OCH3 is 1. The van der Waals surface area contributed by atoms with Crippen molar-refractivity contribution in [2.24, 2.45) is 0 Å². The summed E-state index contributed by atoms with van der Waals surface area (Å²) < 4.78 is 37.1. The van der Waals surface area contributed by atoms with E-state index in [2.05, 4.69) is 5.32 Å². The average molecular weight is 342 g/mol. The van der Waals surface area contributed by atoms with Crippen molar-refractivity contribution >= 4 is 21.6 Å². The van der Waals surface area contributed by atoms with Gasteiger partial charge in [-0.1, -0.05) is 6.92 Å². The molecular formula is C15H22N2O5S. The molecule has 2 rings (SSSR count). The number of sulfonamides is 1. The van der Waals surface area contributed by atoms with E-state index in [0.29, 0.717) is 50.6 Å². The lowest BCUT2D eigenvalue weighted by molar-refractivity contribution is -0.116. The van der Waals surface area contributed by atoms with E-state index in [1.807, 2.05) is 6.92 Å². The van der Waals surface area contributed by atoms with Gasteiger partial charge in [-0.25, -0.2) is 8.42 Å². The van der Waals surface area contributed by atoms with E-state index in [1.54, 1.807) is 6.07 Å². The monoisotopic (exact) mass is 342 g/mol. The van der Waals surface area contributed by atoms with Crippen LogP contribution in [0.2, 0.25) is 0 Å². The Morgan fingerprint density at radius 1 is 1.35 bits per heavy atom. The molecule has 0 unspecified atom stereocenters. The Morgan fingerprint density at radius 2 is 2.04 bits per heavy atom. The number of amides is 1. The van der Waals surface area contributed by atoms with E-state index in [0.717, 1.165) is 0 Å². The fourth-order valence-corrected chi connectivity index (χ4v) is 3.76. The third-order valence-corrected chi connectivity index (χ3v) is 5.42. The van der Waals surface area contributed by atoms with Gasteiger partial charge in [-0.05, 0) is 24.6 Å². The predicted molar refractivity (Wildman–Crippen MR) is 86.1 cm³/mol. The lowest BCUT2D eigenvalue weighted by Crippen LogP contribution is -2.40. The molecule has 7 nitrogen and oxygen atoms in total. The molecule has 1 fully saturated rings. The molecule has 23 heavy (non-hydrogen) atoms. The first-order chi connectivity index (χ1) is 11.0. The number of ether oxygens (including phenoxy) is 2. The maximum Gasteiger partial charge on any atom is 0.243 e. The topological polar surface area (TPSA) is 84.9 Å². The summed E-state index contributed by atoms with van der Waals surface area (Å²) in [6, 6.07) is 4.48. The molecule has 8 heteroatoms. The van der Waals surface area contributed by atoms with E-state index in [9.17, 15) is 13.2 Å². The van der Waals surface area contributed by atoms with Crippen LogP contribution >= 0.6 is 0 Å². The van der Waals surface area contributed by atoms with E-state index in [-0.39, 0.29) is 10.8 Å². The van der Waals surface area contributed by atoms with Crippen LogP contribution in [0.4, 0.5) is 5.69 Å². The summed E-state index contributed by atoms with van der Waals surface area (Å²) in [5, 5.41) is 2.71. The number of hydrogen-bond acceptors (Lipinski definition) is 5. The minimum absolute atomic E-state index is 0.131. The summed E-state index contributed by atoms with van der Waals surface area (Å²) in [5.74, 6) is 0.252. The SMILES string of the molecule is CCCC(=O)Nc1cc(S(=O)(=O)N2CCOCC2)ccc1OC. The van der Waals surface area contributed by atoms with E-state index < -0.39 is 10.0 Å². The molecule has 0 atom stereocenters. The molecule has 1 heterocycles. The first-order valence-electron chi connectivity index (χ1n) is 7.55. The van der Waals surface area contributed by atoms with Crippen molar-refractivity contribution in [3.05, 3.63) is 18.2 Å². The Morgan fingerprint density at radius 3 is 2.65 bits per heavy atom. The first kappa shape index (κ1) is 17.7. The number of morpholine rings is 1. The van der Waals surface area contributed by atoms with Crippen molar-refractivity contribution in [3.8, 4) is 5.75 Å². The van der Waals surface area contributed by atoms with Gasteiger partial charge in [0.1, 0.15) is 5.75 Å². The highest BCUT2D eigenvalue weighted by molar-refractivity contribution is 7.89. The quantitative estimate of drug-likeness (QED) is 0.846. The van der Waals surface area contributed by atoms with Crippen LogP contribution < -0.4 is 10.1 Å². The van der Waals surface area contributed by atoms with Gasteiger partial charge < -0.3 is 14.8 Å². The van der Waals surface area contributed by atoms with Gasteiger partial charge in [-0.2, -0.15) is 4.31 Å². The molecule has 0 aromatic heterocycles. The van der Waals surface area contributed by atoms with Crippen LogP contribution in [0, 0.1) is 0 Å². The summed E-state index contributed by atoms with van der Waals surface area (Å²) in [6.07, 6.45) is 1.07. The number of anilines is 1. The molecule has 1 amide bonds. The van der Waals surface area contributed by atoms with Crippen molar-refractivity contribution < 1.29 is 22.7 Å². The van der Waals surface area contributed by atoms with Gasteiger partial charge in [-0.3, -0.25) is 4.79 Å². The molecule has 0 saturated carbocycles. The van der Waals surface area contributed by atoms with Crippen LogP contribution in [0.1, 0.15) is 19.8 Å². The molecule has 1 aromatic carbocycles. The van der Waals surface area contributed by atoms with Gasteiger partial charge in [0.25, 0.3) is 0 Å². The smallest absolute Gasteiger partial charge is 0.243 e. The third kappa shape index (κ3) is 4.21. The van der Waals surface area contributed by atoms with Crippen LogP contribution in [0.3, 0.4) is 0 Å². The summed E-state index contributed by atoms with van der Waals surface area (Å²) >= 11 is 0. The van der Waals surface area contributed by atoms with E-state index in [1.165, 1.54) is 23.5 Å². The summed E-state index contributed by atoms with van der Waals surface area (Å²) in [7, 11) is -2.14. The van der Waals surface area contributed by atoms with Crippen molar-refractivity contribution in [2.45, 2.75) is 24.7 Å². The molecular weight excluding hydrogens is 320 g/mol. The third-order valence-electron chi connectivity index (χ3n) is 3.53. The predicted octanol–water partition coefficient (Wildman–Crippen LogP) is 1.45. The van der Waals surface area contributed by atoms with Crippen molar-refractivity contribution in [1.29, 1.82) is 0 Å². The summed E-state index contributed by atoms with van der Waals surface area (Å²) in [4.78, 5) is 11.9. The Hall–Kier alpha value is -1.64. The van der Waals surface area contributed by atoms with E-state index in [4.69, 9.17) is 9.47 Å². The Labute approximate surface area is 136 Å². The second-order valence-corrected chi connectivity index (χ2v) is 7.11. The Kier molecular flexibility index (Phi) is 5.97. The van der Waals surface area contributed by atoms with Gasteiger partial charge in [0.15, 0.2) is 0 Å². The van der Waals surface area contributed by atoms with Gasteiger partial charge in [0.05, 0.1) is 30.9 Å². The number of rotatable bonds is 6. The van der Waals surface area contributed by atoms with Crippen LogP contribution in [0.5, 0.6) is 5.75 Å². The number of hydrogen-bond donors (Lipinski definition) is 1. The summed E-state index contributed by atoms with van der Waals surface area (Å²) in [5.41, 5.74) is 0.361. The number of carbonyl (C=O) groups is 1. The average Bonchev–Trinajstić information content (AvgIpc) is 2.55. The lowest BCUT2D eigenvalue weighted by atomic mass is 10.2. The fraction of sp³-hybridized carbons (Fsp3) is 0.533. The molecule has 0 radical (unpaired) electrons. The van der Waals surface area contributed by atoms with Crippen molar-refractivity contribution in [2.75, 3.05) is 38.7 Å². The molecule has 1 aliphatic heterocycles. The second kappa shape index (κ2) is 7.76. The molecule has 1 aliphatic rings. The highest BCUT2D eigenvalue weighted by atomic mass is 32.2. The summed E-state index contributed by atoms with van der Waals surface area (Å²) in [6.45, 7) is 3.32. The molecule has 1 N–H and O–H groups in total. The number of nitrogens with zero attached hydrogens (tertiary/aromatic N) is 1. The molecule has 0 spiro atoms. The van der Waals surface area contributed by atoms with Gasteiger partial charge in [0.2, 0.25) is 15.9 Å². The largest absolute Gasteiger partial charge is 0.495 e. The highest BCUT2D eigenvalue weighted by Gasteiger charge is 2.27. The lowest BCUT2D eigenvalue weighted by Gasteiger charge is -2.26. The first-order valence-corrected chi connectivity index (χ1v) is 8.99. The van der Waals surface area contributed by atoms with Crippen LogP contribution in [-0.2, 0) is 19.6 Å². The zero-order valence-electron chi connectivity index (χ0n) is 13.4. The molecule has 1 saturated heterocycles. The standard InChI is InChI=1S/C15H22N2O5S/c1-3-4-15(18)16-13-11-12(5-6-14(13)21-2)23(19,20)17-7-9-22-10-8-17/h5-6,11H,3-4,7-10H2,1-2H3,(H,16,18). The minimum atomic E-state index is -3.61. The molecule has 0 aliphatic carbocycles. The zero-order valence-corrected chi connectivity index (χ0v) is 14.2. The van der Waals surface area contributed by atoms with Crippen molar-refractivity contribution in [1.82, 2.24) is 4.31 Å². The van der Waals surface area contributed by atoms with E-state index >= 15 is 0 Å². The molecule has 1 aromatic rings. The maximum absolute atomic E-state index is 12.7. The normalized spacial score (nSPS) is 16.1. The molecule has 128 valence electrons. The minimum Gasteiger partial charge on any atom is -0.495 e. The Bertz CT molecular complexity index is 654. The maximum atomic E-state index is 12.7. The van der Waals surface area contributed by atoms with Crippen LogP contribution in [0.15, 0.2) is 23.1 Å². The highest BCUT2D eigenvalue weighted by Crippen LogP contribution is 2.29. The van der Waals surface area contributed by atoms with Crippen molar-refractivity contribution in [3.63, 3.8) is 0 Å². The zero-order chi connectivity index (χ0) is 16.9. The second-order valence-electron chi connectivity index (χ2n) is 5.18. The Balaban J connectivity index is 2.30. The number of benzene rings is 1. The van der Waals surface area contributed by atoms with Crippen LogP contribution in [0.25, 0.3) is 0 Å².